The van der Waals surface area contributed by atoms with E-state index in [4.69, 9.17) is 9.57 Å². The smallest absolute Gasteiger partial charge is 0.264 e. The molecule has 26 heavy (non-hydrogen) atoms. The molecular weight excluding hydrogens is 328 g/mol. The van der Waals surface area contributed by atoms with Crippen molar-refractivity contribution in [2.45, 2.75) is 31.8 Å². The Kier molecular flexibility index (Phi) is 5.16. The standard InChI is InChI=1S/C21H24N2O3/c24-21(22-14-15-8-10-25-11-9-15)20-13-18(23-26-20)12-17-6-3-5-16-4-1-2-7-19(16)17/h1-7,15,20H,8-14H2,(H,22,24)/t20-/m1/s1. The SMILES string of the molecule is O=C(NCC1CCOCC1)[C@H]1CC(Cc2cccc3ccccc23)=NO1. The lowest BCUT2D eigenvalue weighted by molar-refractivity contribution is -0.131. The lowest BCUT2D eigenvalue weighted by atomic mass is 9.98. The van der Waals surface area contributed by atoms with Gasteiger partial charge in [0.15, 0.2) is 0 Å². The van der Waals surface area contributed by atoms with Gasteiger partial charge >= 0.3 is 0 Å². The molecule has 1 atom stereocenters. The van der Waals surface area contributed by atoms with E-state index < -0.39 is 6.10 Å². The van der Waals surface area contributed by atoms with Crippen molar-refractivity contribution >= 4 is 22.4 Å². The maximum Gasteiger partial charge on any atom is 0.264 e. The van der Waals surface area contributed by atoms with E-state index in [1.165, 1.54) is 16.3 Å². The van der Waals surface area contributed by atoms with E-state index in [0.29, 0.717) is 25.3 Å². The number of carbonyl (C=O) groups excluding carboxylic acids is 1. The molecule has 1 saturated heterocycles. The van der Waals surface area contributed by atoms with Gasteiger partial charge < -0.3 is 14.9 Å². The normalized spacial score (nSPS) is 20.6. The summed E-state index contributed by atoms with van der Waals surface area (Å²) in [5, 5.41) is 9.63. The Hall–Kier alpha value is -2.40. The van der Waals surface area contributed by atoms with E-state index in [-0.39, 0.29) is 5.91 Å². The molecule has 2 aromatic carbocycles. The average Bonchev–Trinajstić information content (AvgIpc) is 3.16. The lowest BCUT2D eigenvalue weighted by Gasteiger charge is -2.22. The Morgan fingerprint density at radius 1 is 1.12 bits per heavy atom. The van der Waals surface area contributed by atoms with Crippen LogP contribution >= 0.6 is 0 Å². The number of nitrogens with zero attached hydrogens (tertiary/aromatic N) is 1. The van der Waals surface area contributed by atoms with E-state index in [1.807, 2.05) is 12.1 Å². The van der Waals surface area contributed by atoms with Crippen molar-refractivity contribution in [1.29, 1.82) is 0 Å². The Balaban J connectivity index is 1.32. The number of oxime groups is 1. The first-order valence-electron chi connectivity index (χ1n) is 9.33. The summed E-state index contributed by atoms with van der Waals surface area (Å²) in [6.45, 7) is 2.28. The highest BCUT2D eigenvalue weighted by atomic mass is 16.6. The van der Waals surface area contributed by atoms with Crippen LogP contribution in [-0.4, -0.2) is 37.5 Å². The minimum atomic E-state index is -0.500. The second kappa shape index (κ2) is 7.87. The topological polar surface area (TPSA) is 59.9 Å². The monoisotopic (exact) mass is 352 g/mol. The van der Waals surface area contributed by atoms with Crippen molar-refractivity contribution in [2.75, 3.05) is 19.8 Å². The molecule has 2 aliphatic rings. The molecule has 2 aliphatic heterocycles. The van der Waals surface area contributed by atoms with Gasteiger partial charge in [0.05, 0.1) is 5.71 Å². The zero-order chi connectivity index (χ0) is 17.8. The molecule has 0 bridgehead atoms. The first kappa shape index (κ1) is 17.0. The van der Waals surface area contributed by atoms with E-state index >= 15 is 0 Å². The molecule has 0 radical (unpaired) electrons. The molecule has 5 nitrogen and oxygen atoms in total. The highest BCUT2D eigenvalue weighted by Crippen LogP contribution is 2.22. The summed E-state index contributed by atoms with van der Waals surface area (Å²) in [5.41, 5.74) is 2.14. The van der Waals surface area contributed by atoms with Crippen LogP contribution in [0.1, 0.15) is 24.8 Å². The van der Waals surface area contributed by atoms with Crippen LogP contribution in [0.25, 0.3) is 10.8 Å². The quantitative estimate of drug-likeness (QED) is 0.900. The first-order valence-corrected chi connectivity index (χ1v) is 9.33. The maximum atomic E-state index is 12.4. The Morgan fingerprint density at radius 3 is 2.81 bits per heavy atom. The van der Waals surface area contributed by atoms with Gasteiger partial charge in [-0.1, -0.05) is 47.6 Å². The average molecular weight is 352 g/mol. The summed E-state index contributed by atoms with van der Waals surface area (Å²) in [7, 11) is 0. The molecule has 136 valence electrons. The van der Waals surface area contributed by atoms with Crippen LogP contribution < -0.4 is 5.32 Å². The van der Waals surface area contributed by atoms with Gasteiger partial charge in [0.1, 0.15) is 0 Å². The molecule has 1 fully saturated rings. The number of amides is 1. The van der Waals surface area contributed by atoms with Crippen molar-refractivity contribution in [3.8, 4) is 0 Å². The fourth-order valence-corrected chi connectivity index (χ4v) is 3.65. The van der Waals surface area contributed by atoms with Crippen LogP contribution in [0.4, 0.5) is 0 Å². The van der Waals surface area contributed by atoms with Gasteiger partial charge in [-0.15, -0.1) is 0 Å². The number of rotatable bonds is 5. The number of nitrogens with one attached hydrogen (secondary N) is 1. The third-order valence-corrected chi connectivity index (χ3v) is 5.20. The summed E-state index contributed by atoms with van der Waals surface area (Å²) in [4.78, 5) is 17.8. The fourth-order valence-electron chi connectivity index (χ4n) is 3.65. The molecule has 2 aromatic rings. The summed E-state index contributed by atoms with van der Waals surface area (Å²) >= 11 is 0. The molecule has 0 aromatic heterocycles. The van der Waals surface area contributed by atoms with Gasteiger partial charge in [-0.25, -0.2) is 0 Å². The van der Waals surface area contributed by atoms with Gasteiger partial charge in [-0.2, -0.15) is 0 Å². The minimum Gasteiger partial charge on any atom is -0.382 e. The first-order chi connectivity index (χ1) is 12.8. The molecule has 1 amide bonds. The highest BCUT2D eigenvalue weighted by molar-refractivity contribution is 5.96. The van der Waals surface area contributed by atoms with Crippen LogP contribution in [0.2, 0.25) is 0 Å². The van der Waals surface area contributed by atoms with Gasteiger partial charge in [0, 0.05) is 32.6 Å². The van der Waals surface area contributed by atoms with E-state index in [2.05, 4.69) is 40.8 Å². The molecule has 4 rings (SSSR count). The summed E-state index contributed by atoms with van der Waals surface area (Å²) < 4.78 is 5.35. The van der Waals surface area contributed by atoms with Gasteiger partial charge in [-0.3, -0.25) is 4.79 Å². The zero-order valence-corrected chi connectivity index (χ0v) is 14.8. The lowest BCUT2D eigenvalue weighted by Crippen LogP contribution is -2.38. The van der Waals surface area contributed by atoms with Crippen LogP contribution in [0.15, 0.2) is 47.6 Å². The summed E-state index contributed by atoms with van der Waals surface area (Å²) in [6, 6.07) is 14.6. The molecular formula is C21H24N2O3. The largest absolute Gasteiger partial charge is 0.382 e. The summed E-state index contributed by atoms with van der Waals surface area (Å²) in [5.74, 6) is 0.443. The Bertz CT molecular complexity index is 807. The molecule has 0 unspecified atom stereocenters. The Morgan fingerprint density at radius 2 is 1.92 bits per heavy atom. The Labute approximate surface area is 153 Å². The molecule has 5 heteroatoms. The van der Waals surface area contributed by atoms with Crippen molar-refractivity contribution in [1.82, 2.24) is 5.32 Å². The van der Waals surface area contributed by atoms with Crippen molar-refractivity contribution in [3.05, 3.63) is 48.0 Å². The predicted molar refractivity (Wildman–Crippen MR) is 101 cm³/mol. The van der Waals surface area contributed by atoms with Crippen LogP contribution in [0.3, 0.4) is 0 Å². The van der Waals surface area contributed by atoms with Crippen molar-refractivity contribution in [3.63, 3.8) is 0 Å². The van der Waals surface area contributed by atoms with E-state index in [1.54, 1.807) is 0 Å². The van der Waals surface area contributed by atoms with Crippen LogP contribution in [0, 0.1) is 5.92 Å². The number of ether oxygens (including phenoxy) is 1. The van der Waals surface area contributed by atoms with E-state index in [0.717, 1.165) is 31.8 Å². The predicted octanol–water partition coefficient (Wildman–Crippen LogP) is 3.07. The van der Waals surface area contributed by atoms with Gasteiger partial charge in [0.2, 0.25) is 6.10 Å². The van der Waals surface area contributed by atoms with Crippen molar-refractivity contribution in [2.24, 2.45) is 11.1 Å². The second-order valence-corrected chi connectivity index (χ2v) is 7.07. The second-order valence-electron chi connectivity index (χ2n) is 7.07. The molecule has 1 N–H and O–H groups in total. The number of hydrogen-bond donors (Lipinski definition) is 1. The zero-order valence-electron chi connectivity index (χ0n) is 14.8. The third kappa shape index (κ3) is 3.88. The van der Waals surface area contributed by atoms with E-state index in [9.17, 15) is 4.79 Å². The number of fused-ring (bicyclic) bond motifs is 1. The third-order valence-electron chi connectivity index (χ3n) is 5.20. The number of carbonyl (C=O) groups is 1. The molecule has 2 heterocycles. The molecule has 0 aliphatic carbocycles. The van der Waals surface area contributed by atoms with Crippen LogP contribution in [0.5, 0.6) is 0 Å². The molecule has 0 spiro atoms. The maximum absolute atomic E-state index is 12.4. The van der Waals surface area contributed by atoms with Gasteiger partial charge in [0.25, 0.3) is 5.91 Å². The number of benzene rings is 2. The van der Waals surface area contributed by atoms with Crippen LogP contribution in [-0.2, 0) is 20.8 Å². The fraction of sp³-hybridized carbons (Fsp3) is 0.429. The van der Waals surface area contributed by atoms with Gasteiger partial charge in [-0.05, 0) is 35.1 Å². The number of hydrogen-bond acceptors (Lipinski definition) is 4. The molecule has 0 saturated carbocycles. The minimum absolute atomic E-state index is 0.0619. The van der Waals surface area contributed by atoms with Crippen molar-refractivity contribution < 1.29 is 14.4 Å². The highest BCUT2D eigenvalue weighted by Gasteiger charge is 2.28. The summed E-state index contributed by atoms with van der Waals surface area (Å²) in [6.07, 6.45) is 2.79.